The van der Waals surface area contributed by atoms with Crippen LogP contribution >= 0.6 is 0 Å². The Morgan fingerprint density at radius 3 is 2.67 bits per heavy atom. The summed E-state index contributed by atoms with van der Waals surface area (Å²) in [5.74, 6) is -2.41. The zero-order valence-corrected chi connectivity index (χ0v) is 9.80. The summed E-state index contributed by atoms with van der Waals surface area (Å²) in [5.41, 5.74) is 0.552. The fraction of sp³-hybridized carbons (Fsp3) is 0.231. The van der Waals surface area contributed by atoms with Crippen LogP contribution in [0.2, 0.25) is 0 Å². The third kappa shape index (κ3) is 3.52. The van der Waals surface area contributed by atoms with Crippen LogP contribution in [0.25, 0.3) is 0 Å². The van der Waals surface area contributed by atoms with E-state index >= 15 is 0 Å². The maximum Gasteiger partial charge on any atom is 0.375 e. The monoisotopic (exact) mass is 245 g/mol. The number of carbonyl (C=O) groups is 3. The van der Waals surface area contributed by atoms with Gasteiger partial charge in [0, 0.05) is 5.56 Å². The first-order valence-corrected chi connectivity index (χ1v) is 5.31. The van der Waals surface area contributed by atoms with E-state index in [2.05, 4.69) is 4.74 Å². The highest BCUT2D eigenvalue weighted by Crippen LogP contribution is 2.07. The van der Waals surface area contributed by atoms with Crippen LogP contribution in [-0.2, 0) is 14.3 Å². The molecule has 92 valence electrons. The Balaban J connectivity index is 2.74. The summed E-state index contributed by atoms with van der Waals surface area (Å²) >= 11 is 0. The number of hydrogen-bond acceptors (Lipinski definition) is 5. The first-order chi connectivity index (χ1) is 8.58. The molecule has 1 aromatic carbocycles. The maximum atomic E-state index is 11.7. The summed E-state index contributed by atoms with van der Waals surface area (Å²) in [6, 6.07) is 7.84. The molecule has 0 aliphatic rings. The zero-order valence-electron chi connectivity index (χ0n) is 9.80. The summed E-state index contributed by atoms with van der Waals surface area (Å²) in [6.07, 6.45) is -0.548. The molecule has 18 heavy (non-hydrogen) atoms. The van der Waals surface area contributed by atoms with Crippen LogP contribution in [0.3, 0.4) is 0 Å². The lowest BCUT2D eigenvalue weighted by molar-refractivity contribution is -0.153. The number of nitriles is 1. The van der Waals surface area contributed by atoms with Crippen LogP contribution < -0.4 is 0 Å². The SMILES string of the molecule is CCOC(=O)C(=O)CC(=O)c1cccc(C#N)c1. The van der Waals surface area contributed by atoms with E-state index in [1.165, 1.54) is 12.1 Å². The molecule has 0 N–H and O–H groups in total. The van der Waals surface area contributed by atoms with Crippen molar-refractivity contribution in [3.05, 3.63) is 35.4 Å². The van der Waals surface area contributed by atoms with Gasteiger partial charge >= 0.3 is 5.97 Å². The summed E-state index contributed by atoms with van der Waals surface area (Å²) in [4.78, 5) is 34.1. The highest BCUT2D eigenvalue weighted by molar-refractivity contribution is 6.38. The third-order valence-corrected chi connectivity index (χ3v) is 2.14. The summed E-state index contributed by atoms with van der Waals surface area (Å²) in [5, 5.41) is 8.68. The quantitative estimate of drug-likeness (QED) is 0.337. The molecule has 1 rings (SSSR count). The van der Waals surface area contributed by atoms with E-state index in [1.54, 1.807) is 19.1 Å². The van der Waals surface area contributed by atoms with Crippen molar-refractivity contribution < 1.29 is 19.1 Å². The molecule has 0 bridgehead atoms. The molecule has 0 amide bonds. The van der Waals surface area contributed by atoms with Crippen LogP contribution in [0.1, 0.15) is 29.3 Å². The number of esters is 1. The fourth-order valence-corrected chi connectivity index (χ4v) is 1.29. The Morgan fingerprint density at radius 1 is 1.33 bits per heavy atom. The molecule has 0 fully saturated rings. The van der Waals surface area contributed by atoms with E-state index in [0.717, 1.165) is 0 Å². The van der Waals surface area contributed by atoms with Crippen LogP contribution in [0, 0.1) is 11.3 Å². The average molecular weight is 245 g/mol. The van der Waals surface area contributed by atoms with E-state index < -0.39 is 24.0 Å². The van der Waals surface area contributed by atoms with Gasteiger partial charge in [0.1, 0.15) is 0 Å². The second-order valence-electron chi connectivity index (χ2n) is 3.44. The van der Waals surface area contributed by atoms with E-state index in [0.29, 0.717) is 5.56 Å². The number of carbonyl (C=O) groups excluding carboxylic acids is 3. The smallest absolute Gasteiger partial charge is 0.375 e. The maximum absolute atomic E-state index is 11.7. The molecule has 1 aromatic rings. The van der Waals surface area contributed by atoms with Gasteiger partial charge in [-0.1, -0.05) is 12.1 Å². The molecule has 0 saturated carbocycles. The minimum absolute atomic E-state index is 0.0860. The molecule has 0 aliphatic heterocycles. The van der Waals surface area contributed by atoms with E-state index in [9.17, 15) is 14.4 Å². The molecule has 5 heteroatoms. The van der Waals surface area contributed by atoms with Crippen molar-refractivity contribution in [3.8, 4) is 6.07 Å². The van der Waals surface area contributed by atoms with Crippen molar-refractivity contribution in [3.63, 3.8) is 0 Å². The van der Waals surface area contributed by atoms with Gasteiger partial charge in [-0.2, -0.15) is 5.26 Å². The van der Waals surface area contributed by atoms with Gasteiger partial charge in [0.25, 0.3) is 0 Å². The lowest BCUT2D eigenvalue weighted by Crippen LogP contribution is -2.20. The number of Topliss-reactive ketones (excluding diaryl/α,β-unsaturated/α-hetero) is 2. The molecule has 0 heterocycles. The second kappa shape index (κ2) is 6.30. The average Bonchev–Trinajstić information content (AvgIpc) is 2.39. The summed E-state index contributed by atoms with van der Waals surface area (Å²) < 4.78 is 4.49. The van der Waals surface area contributed by atoms with Gasteiger partial charge in [-0.3, -0.25) is 9.59 Å². The van der Waals surface area contributed by atoms with Gasteiger partial charge in [0.05, 0.1) is 24.7 Å². The number of ketones is 2. The number of benzene rings is 1. The van der Waals surface area contributed by atoms with Gasteiger partial charge in [-0.15, -0.1) is 0 Å². The Hall–Kier alpha value is -2.48. The molecular formula is C13H11NO4. The van der Waals surface area contributed by atoms with E-state index in [4.69, 9.17) is 5.26 Å². The molecule has 0 aliphatic carbocycles. The molecule has 0 unspecified atom stereocenters. The number of ether oxygens (including phenoxy) is 1. The molecule has 0 atom stereocenters. The Morgan fingerprint density at radius 2 is 2.06 bits per heavy atom. The molecule has 0 saturated heterocycles. The second-order valence-corrected chi connectivity index (χ2v) is 3.44. The highest BCUT2D eigenvalue weighted by atomic mass is 16.5. The van der Waals surface area contributed by atoms with Crippen molar-refractivity contribution in [1.82, 2.24) is 0 Å². The topological polar surface area (TPSA) is 84.2 Å². The zero-order chi connectivity index (χ0) is 13.5. The van der Waals surface area contributed by atoms with Crippen LogP contribution in [-0.4, -0.2) is 24.1 Å². The lowest BCUT2D eigenvalue weighted by Gasteiger charge is -2.01. The predicted molar refractivity (Wildman–Crippen MR) is 61.7 cm³/mol. The Kier molecular flexibility index (Phi) is 4.76. The number of rotatable bonds is 5. The Labute approximate surface area is 104 Å². The third-order valence-electron chi connectivity index (χ3n) is 2.14. The largest absolute Gasteiger partial charge is 0.460 e. The van der Waals surface area contributed by atoms with Crippen LogP contribution in [0.5, 0.6) is 0 Å². The molecule has 5 nitrogen and oxygen atoms in total. The normalized spacial score (nSPS) is 9.33. The van der Waals surface area contributed by atoms with Crippen molar-refractivity contribution in [1.29, 1.82) is 5.26 Å². The fourth-order valence-electron chi connectivity index (χ4n) is 1.29. The molecule has 0 spiro atoms. The van der Waals surface area contributed by atoms with Gasteiger partial charge in [0.2, 0.25) is 5.78 Å². The summed E-state index contributed by atoms with van der Waals surface area (Å²) in [7, 11) is 0. The van der Waals surface area contributed by atoms with Gasteiger partial charge in [0.15, 0.2) is 5.78 Å². The molecule has 0 radical (unpaired) electrons. The minimum Gasteiger partial charge on any atom is -0.460 e. The van der Waals surface area contributed by atoms with Crippen LogP contribution in [0.4, 0.5) is 0 Å². The lowest BCUT2D eigenvalue weighted by atomic mass is 10.0. The first kappa shape index (κ1) is 13.6. The van der Waals surface area contributed by atoms with Crippen molar-refractivity contribution in [2.24, 2.45) is 0 Å². The number of hydrogen-bond donors (Lipinski definition) is 0. The van der Waals surface area contributed by atoms with Gasteiger partial charge in [-0.05, 0) is 19.1 Å². The molecule has 0 aromatic heterocycles. The Bertz CT molecular complexity index is 528. The van der Waals surface area contributed by atoms with Crippen molar-refractivity contribution in [2.75, 3.05) is 6.61 Å². The summed E-state index contributed by atoms with van der Waals surface area (Å²) in [6.45, 7) is 1.66. The van der Waals surface area contributed by atoms with E-state index in [1.807, 2.05) is 6.07 Å². The van der Waals surface area contributed by atoms with Crippen molar-refractivity contribution in [2.45, 2.75) is 13.3 Å². The van der Waals surface area contributed by atoms with Gasteiger partial charge < -0.3 is 4.74 Å². The molecular weight excluding hydrogens is 234 g/mol. The first-order valence-electron chi connectivity index (χ1n) is 5.31. The minimum atomic E-state index is -1.01. The highest BCUT2D eigenvalue weighted by Gasteiger charge is 2.19. The van der Waals surface area contributed by atoms with Crippen LogP contribution in [0.15, 0.2) is 24.3 Å². The standard InChI is InChI=1S/C13H11NO4/c1-2-18-13(17)12(16)7-11(15)10-5-3-4-9(6-10)8-14/h3-6H,2,7H2,1H3. The number of nitrogens with zero attached hydrogens (tertiary/aromatic N) is 1. The van der Waals surface area contributed by atoms with Gasteiger partial charge in [-0.25, -0.2) is 4.79 Å². The van der Waals surface area contributed by atoms with E-state index in [-0.39, 0.29) is 12.2 Å². The predicted octanol–water partition coefficient (Wildman–Crippen LogP) is 1.26. The van der Waals surface area contributed by atoms with Crippen molar-refractivity contribution >= 4 is 17.5 Å².